The number of benzene rings is 1. The monoisotopic (exact) mass is 400 g/mol. The molecule has 1 N–H and O–H groups in total. The van der Waals surface area contributed by atoms with E-state index >= 15 is 0 Å². The third-order valence-electron chi connectivity index (χ3n) is 5.49. The van der Waals surface area contributed by atoms with Gasteiger partial charge in [0.25, 0.3) is 5.91 Å². The Balaban J connectivity index is 1.62. The maximum absolute atomic E-state index is 14.0. The van der Waals surface area contributed by atoms with Crippen LogP contribution in [0.4, 0.5) is 4.39 Å². The summed E-state index contributed by atoms with van der Waals surface area (Å²) < 4.78 is 21.0. The second-order valence-electron chi connectivity index (χ2n) is 7.59. The van der Waals surface area contributed by atoms with Crippen molar-refractivity contribution >= 4 is 11.7 Å². The third kappa shape index (κ3) is 3.23. The number of rotatable bonds is 4. The van der Waals surface area contributed by atoms with Crippen molar-refractivity contribution in [2.45, 2.75) is 45.5 Å². The van der Waals surface area contributed by atoms with Gasteiger partial charge in [-0.1, -0.05) is 12.1 Å². The standard InChI is InChI=1S/C21H21FN2O5/c1-11-3-4-13(15(22)7-11)5-6-16(25)14-8-23-9-17-24(12(2)10-29-17)21(28)18(23)20(27)19(14)26/h3-4,7-8,12,17,27H,5-6,9-10H2,1-2H3/t12-,17+/m0/s1. The highest BCUT2D eigenvalue weighted by atomic mass is 19.1. The number of fused-ring (bicyclic) bond motifs is 2. The fourth-order valence-corrected chi connectivity index (χ4v) is 3.91. The Bertz CT molecular complexity index is 1080. The van der Waals surface area contributed by atoms with Crippen molar-refractivity contribution < 1.29 is 23.8 Å². The van der Waals surface area contributed by atoms with E-state index in [0.717, 1.165) is 5.56 Å². The fourth-order valence-electron chi connectivity index (χ4n) is 3.91. The van der Waals surface area contributed by atoms with Crippen LogP contribution >= 0.6 is 0 Å². The number of carbonyl (C=O) groups is 2. The smallest absolute Gasteiger partial charge is 0.276 e. The largest absolute Gasteiger partial charge is 0.503 e. The van der Waals surface area contributed by atoms with Crippen LogP contribution in [0, 0.1) is 12.7 Å². The van der Waals surface area contributed by atoms with Crippen molar-refractivity contribution in [3.8, 4) is 5.75 Å². The molecule has 2 aliphatic heterocycles. The molecule has 0 unspecified atom stereocenters. The van der Waals surface area contributed by atoms with E-state index in [9.17, 15) is 23.9 Å². The van der Waals surface area contributed by atoms with E-state index in [1.54, 1.807) is 19.1 Å². The number of halogens is 1. The van der Waals surface area contributed by atoms with Crippen LogP contribution in [0.15, 0.2) is 29.2 Å². The molecule has 1 amide bonds. The molecule has 1 aromatic heterocycles. The summed E-state index contributed by atoms with van der Waals surface area (Å²) in [5.41, 5.74) is -0.0796. The van der Waals surface area contributed by atoms with E-state index in [2.05, 4.69) is 0 Å². The summed E-state index contributed by atoms with van der Waals surface area (Å²) in [4.78, 5) is 39.4. The first-order valence-electron chi connectivity index (χ1n) is 9.47. The van der Waals surface area contributed by atoms with Crippen LogP contribution in [0.1, 0.15) is 45.3 Å². The lowest BCUT2D eigenvalue weighted by Gasteiger charge is -2.33. The highest BCUT2D eigenvalue weighted by molar-refractivity contribution is 6.00. The maximum atomic E-state index is 14.0. The number of pyridine rings is 1. The summed E-state index contributed by atoms with van der Waals surface area (Å²) in [6.45, 7) is 4.17. The van der Waals surface area contributed by atoms with E-state index in [4.69, 9.17) is 4.74 Å². The Hall–Kier alpha value is -3.00. The van der Waals surface area contributed by atoms with E-state index < -0.39 is 34.9 Å². The predicted octanol–water partition coefficient (Wildman–Crippen LogP) is 2.02. The molecular weight excluding hydrogens is 379 g/mol. The molecule has 1 aromatic carbocycles. The zero-order chi connectivity index (χ0) is 20.9. The minimum atomic E-state index is -0.884. The van der Waals surface area contributed by atoms with Crippen molar-refractivity contribution in [1.82, 2.24) is 9.47 Å². The lowest BCUT2D eigenvalue weighted by atomic mass is 10.0. The van der Waals surface area contributed by atoms with Gasteiger partial charge >= 0.3 is 0 Å². The molecule has 8 heteroatoms. The molecule has 1 saturated heterocycles. The van der Waals surface area contributed by atoms with E-state index in [0.29, 0.717) is 12.2 Å². The van der Waals surface area contributed by atoms with Gasteiger partial charge in [0.1, 0.15) is 5.82 Å². The number of ketones is 1. The number of aromatic hydroxyl groups is 1. The molecule has 4 rings (SSSR count). The molecular formula is C21H21FN2O5. The topological polar surface area (TPSA) is 88.8 Å². The van der Waals surface area contributed by atoms with Gasteiger partial charge in [0.05, 0.1) is 24.8 Å². The number of nitrogens with zero attached hydrogens (tertiary/aromatic N) is 2. The fraction of sp³-hybridized carbons (Fsp3) is 0.381. The van der Waals surface area contributed by atoms with Gasteiger partial charge in [0, 0.05) is 12.6 Å². The van der Waals surface area contributed by atoms with Crippen LogP contribution in [0.5, 0.6) is 5.75 Å². The molecule has 0 radical (unpaired) electrons. The summed E-state index contributed by atoms with van der Waals surface area (Å²) in [5, 5.41) is 10.4. The summed E-state index contributed by atoms with van der Waals surface area (Å²) in [6.07, 6.45) is 0.831. The SMILES string of the molecule is Cc1ccc(CCC(=O)c2cn3c(c(O)c2=O)C(=O)N2[C@@H](C)CO[C@@H]2C3)c(F)c1. The van der Waals surface area contributed by atoms with Crippen LogP contribution in [0.3, 0.4) is 0 Å². The van der Waals surface area contributed by atoms with E-state index in [1.165, 1.54) is 21.7 Å². The Morgan fingerprint density at radius 3 is 2.83 bits per heavy atom. The Kier molecular flexibility index (Phi) is 4.74. The molecule has 2 atom stereocenters. The Labute approximate surface area is 166 Å². The van der Waals surface area contributed by atoms with Gasteiger partial charge in [-0.05, 0) is 37.5 Å². The lowest BCUT2D eigenvalue weighted by Crippen LogP contribution is -2.48. The molecule has 0 spiro atoms. The lowest BCUT2D eigenvalue weighted by molar-refractivity contribution is 0.00625. The zero-order valence-corrected chi connectivity index (χ0v) is 16.1. The summed E-state index contributed by atoms with van der Waals surface area (Å²) in [5.74, 6) is -2.15. The molecule has 0 saturated carbocycles. The second kappa shape index (κ2) is 7.11. The molecule has 7 nitrogen and oxygen atoms in total. The van der Waals surface area contributed by atoms with Crippen LogP contribution < -0.4 is 5.43 Å². The highest BCUT2D eigenvalue weighted by Crippen LogP contribution is 2.29. The van der Waals surface area contributed by atoms with Gasteiger partial charge in [-0.25, -0.2) is 4.39 Å². The van der Waals surface area contributed by atoms with Gasteiger partial charge in [-0.3, -0.25) is 14.4 Å². The number of aryl methyl sites for hydroxylation is 2. The first-order chi connectivity index (χ1) is 13.8. The highest BCUT2D eigenvalue weighted by Gasteiger charge is 2.42. The van der Waals surface area contributed by atoms with Crippen molar-refractivity contribution in [3.63, 3.8) is 0 Å². The van der Waals surface area contributed by atoms with Gasteiger partial charge < -0.3 is 19.3 Å². The van der Waals surface area contributed by atoms with Crippen molar-refractivity contribution in [2.24, 2.45) is 0 Å². The number of carbonyl (C=O) groups excluding carboxylic acids is 2. The molecule has 2 aromatic rings. The van der Waals surface area contributed by atoms with Gasteiger partial charge in [-0.15, -0.1) is 0 Å². The van der Waals surface area contributed by atoms with Crippen LogP contribution in [0.25, 0.3) is 0 Å². The number of hydrogen-bond donors (Lipinski definition) is 1. The average molecular weight is 400 g/mol. The molecule has 3 heterocycles. The van der Waals surface area contributed by atoms with Gasteiger partial charge in [0.2, 0.25) is 5.43 Å². The van der Waals surface area contributed by atoms with Crippen molar-refractivity contribution in [3.05, 3.63) is 62.8 Å². The molecule has 152 valence electrons. The van der Waals surface area contributed by atoms with E-state index in [1.807, 2.05) is 6.92 Å². The quantitative estimate of drug-likeness (QED) is 0.794. The summed E-state index contributed by atoms with van der Waals surface area (Å²) in [7, 11) is 0. The normalized spacial score (nSPS) is 20.5. The summed E-state index contributed by atoms with van der Waals surface area (Å²) in [6, 6.07) is 4.59. The number of amides is 1. The predicted molar refractivity (Wildman–Crippen MR) is 102 cm³/mol. The second-order valence-corrected chi connectivity index (χ2v) is 7.59. The molecule has 29 heavy (non-hydrogen) atoms. The van der Waals surface area contributed by atoms with Crippen LogP contribution in [0.2, 0.25) is 0 Å². The van der Waals surface area contributed by atoms with Gasteiger partial charge in [0.15, 0.2) is 23.5 Å². The van der Waals surface area contributed by atoms with Gasteiger partial charge in [-0.2, -0.15) is 0 Å². The first kappa shape index (κ1) is 19.3. The molecule has 0 bridgehead atoms. The van der Waals surface area contributed by atoms with Crippen molar-refractivity contribution in [1.29, 1.82) is 0 Å². The summed E-state index contributed by atoms with van der Waals surface area (Å²) >= 11 is 0. The Morgan fingerprint density at radius 1 is 1.34 bits per heavy atom. The number of hydrogen-bond acceptors (Lipinski definition) is 5. The molecule has 2 aliphatic rings. The maximum Gasteiger partial charge on any atom is 0.276 e. The average Bonchev–Trinajstić information content (AvgIpc) is 3.04. The molecule has 1 fully saturated rings. The Morgan fingerprint density at radius 2 is 2.10 bits per heavy atom. The number of aromatic nitrogens is 1. The minimum absolute atomic E-state index is 0.0922. The van der Waals surface area contributed by atoms with Crippen molar-refractivity contribution in [2.75, 3.05) is 6.61 Å². The van der Waals surface area contributed by atoms with E-state index in [-0.39, 0.29) is 36.7 Å². The minimum Gasteiger partial charge on any atom is -0.503 e. The number of Topliss-reactive ketones (excluding diaryl/α,β-unsaturated/α-hetero) is 1. The van der Waals surface area contributed by atoms with Crippen LogP contribution in [-0.2, 0) is 17.7 Å². The number of ether oxygens (including phenoxy) is 1. The third-order valence-corrected chi connectivity index (χ3v) is 5.49. The molecule has 0 aliphatic carbocycles. The first-order valence-corrected chi connectivity index (χ1v) is 9.47. The van der Waals surface area contributed by atoms with Crippen LogP contribution in [-0.4, -0.2) is 45.1 Å². The zero-order valence-electron chi connectivity index (χ0n) is 16.1.